The van der Waals surface area contributed by atoms with Gasteiger partial charge in [-0.15, -0.1) is 11.8 Å². The van der Waals surface area contributed by atoms with Gasteiger partial charge in [-0.2, -0.15) is 0 Å². The third-order valence-electron chi connectivity index (χ3n) is 2.76. The number of hydrogen-bond donors (Lipinski definition) is 0. The van der Waals surface area contributed by atoms with Crippen molar-refractivity contribution in [1.29, 1.82) is 0 Å². The monoisotopic (exact) mass is 318 g/mol. The normalized spacial score (nSPS) is 13.7. The summed E-state index contributed by atoms with van der Waals surface area (Å²) in [5.74, 6) is -0.451. The van der Waals surface area contributed by atoms with Crippen LogP contribution in [0, 0.1) is 11.6 Å². The molecule has 2 heterocycles. The minimum atomic E-state index is -0.717. The lowest BCUT2D eigenvalue weighted by molar-refractivity contribution is 0.602. The summed E-state index contributed by atoms with van der Waals surface area (Å²) < 4.78 is 27.2. The van der Waals surface area contributed by atoms with Crippen molar-refractivity contribution in [1.82, 2.24) is 9.97 Å². The van der Waals surface area contributed by atoms with E-state index in [1.54, 1.807) is 0 Å². The summed E-state index contributed by atoms with van der Waals surface area (Å²) >= 11 is 13.1. The van der Waals surface area contributed by atoms with Gasteiger partial charge in [-0.25, -0.2) is 18.7 Å². The standard InChI is InChI=1S/C12H6Cl2F2N2S/c13-7-4-8(15)6(3-9(7)16)11-17-10(14)5-1-2-19-12(5)18-11/h3-4H,1-2H2. The van der Waals surface area contributed by atoms with E-state index in [1.807, 2.05) is 0 Å². The van der Waals surface area contributed by atoms with Crippen molar-refractivity contribution in [3.8, 4) is 11.4 Å². The van der Waals surface area contributed by atoms with E-state index >= 15 is 0 Å². The molecule has 0 radical (unpaired) electrons. The predicted molar refractivity (Wildman–Crippen MR) is 71.8 cm³/mol. The van der Waals surface area contributed by atoms with E-state index in [9.17, 15) is 8.78 Å². The molecule has 0 N–H and O–H groups in total. The Morgan fingerprint density at radius 1 is 1.11 bits per heavy atom. The first-order valence-electron chi connectivity index (χ1n) is 5.40. The smallest absolute Gasteiger partial charge is 0.165 e. The second-order valence-electron chi connectivity index (χ2n) is 3.97. The molecule has 0 aliphatic carbocycles. The van der Waals surface area contributed by atoms with Crippen molar-refractivity contribution >= 4 is 35.0 Å². The maximum atomic E-state index is 13.8. The first-order valence-corrected chi connectivity index (χ1v) is 7.14. The Labute approximate surface area is 122 Å². The Balaban J connectivity index is 2.18. The van der Waals surface area contributed by atoms with E-state index < -0.39 is 11.6 Å². The molecule has 0 atom stereocenters. The van der Waals surface area contributed by atoms with Gasteiger partial charge in [0.15, 0.2) is 5.82 Å². The molecule has 98 valence electrons. The number of nitrogens with zero attached hydrogens (tertiary/aromatic N) is 2. The third-order valence-corrected chi connectivity index (χ3v) is 4.38. The van der Waals surface area contributed by atoms with E-state index in [1.165, 1.54) is 11.8 Å². The van der Waals surface area contributed by atoms with Crippen molar-refractivity contribution in [2.45, 2.75) is 11.4 Å². The lowest BCUT2D eigenvalue weighted by Crippen LogP contribution is -1.98. The quantitative estimate of drug-likeness (QED) is 0.576. The zero-order chi connectivity index (χ0) is 13.6. The van der Waals surface area contributed by atoms with Crippen LogP contribution in [0.25, 0.3) is 11.4 Å². The average molecular weight is 319 g/mol. The number of hydrogen-bond acceptors (Lipinski definition) is 3. The fraction of sp³-hybridized carbons (Fsp3) is 0.167. The second kappa shape index (κ2) is 4.89. The van der Waals surface area contributed by atoms with Gasteiger partial charge >= 0.3 is 0 Å². The fourth-order valence-corrected chi connectivity index (χ4v) is 3.32. The highest BCUT2D eigenvalue weighted by molar-refractivity contribution is 7.99. The fourth-order valence-electron chi connectivity index (χ4n) is 1.83. The topological polar surface area (TPSA) is 25.8 Å². The number of halogens is 4. The molecule has 1 aromatic carbocycles. The van der Waals surface area contributed by atoms with Gasteiger partial charge in [-0.1, -0.05) is 23.2 Å². The van der Waals surface area contributed by atoms with Crippen LogP contribution in [0.15, 0.2) is 17.2 Å². The second-order valence-corrected chi connectivity index (χ2v) is 5.82. The lowest BCUT2D eigenvalue weighted by atomic mass is 10.2. The van der Waals surface area contributed by atoms with Crippen molar-refractivity contribution in [2.24, 2.45) is 0 Å². The summed E-state index contributed by atoms with van der Waals surface area (Å²) in [5, 5.41) is 0.743. The summed E-state index contributed by atoms with van der Waals surface area (Å²) in [4.78, 5) is 8.27. The first-order chi connectivity index (χ1) is 9.06. The van der Waals surface area contributed by atoms with Crippen LogP contribution in [0.5, 0.6) is 0 Å². The van der Waals surface area contributed by atoms with Gasteiger partial charge in [0.25, 0.3) is 0 Å². The van der Waals surface area contributed by atoms with Crippen LogP contribution in [-0.4, -0.2) is 15.7 Å². The molecule has 7 heteroatoms. The number of thioether (sulfide) groups is 1. The van der Waals surface area contributed by atoms with E-state index in [4.69, 9.17) is 23.2 Å². The molecule has 0 bridgehead atoms. The Hall–Kier alpha value is -0.910. The van der Waals surface area contributed by atoms with Gasteiger partial charge in [0.05, 0.1) is 10.6 Å². The van der Waals surface area contributed by atoms with Crippen molar-refractivity contribution < 1.29 is 8.78 Å². The number of fused-ring (bicyclic) bond motifs is 1. The average Bonchev–Trinajstić information content (AvgIpc) is 2.82. The Morgan fingerprint density at radius 2 is 1.89 bits per heavy atom. The Morgan fingerprint density at radius 3 is 2.68 bits per heavy atom. The lowest BCUT2D eigenvalue weighted by Gasteiger charge is -2.07. The third kappa shape index (κ3) is 2.30. The zero-order valence-corrected chi connectivity index (χ0v) is 11.7. The predicted octanol–water partition coefficient (Wildman–Crippen LogP) is 4.38. The van der Waals surface area contributed by atoms with Crippen LogP contribution < -0.4 is 0 Å². The maximum absolute atomic E-state index is 13.8. The summed E-state index contributed by atoms with van der Waals surface area (Å²) in [6.45, 7) is 0. The first kappa shape index (κ1) is 13.1. The molecule has 0 spiro atoms. The molecule has 1 aliphatic heterocycles. The number of benzene rings is 1. The Kier molecular flexibility index (Phi) is 3.37. The van der Waals surface area contributed by atoms with Gasteiger partial charge in [0.2, 0.25) is 0 Å². The highest BCUT2D eigenvalue weighted by atomic mass is 35.5. The van der Waals surface area contributed by atoms with Crippen molar-refractivity contribution in [2.75, 3.05) is 5.75 Å². The molecular weight excluding hydrogens is 313 g/mol. The molecule has 0 amide bonds. The van der Waals surface area contributed by atoms with Crippen LogP contribution in [0.1, 0.15) is 5.56 Å². The molecule has 19 heavy (non-hydrogen) atoms. The molecule has 0 unspecified atom stereocenters. The largest absolute Gasteiger partial charge is 0.221 e. The molecule has 0 saturated carbocycles. The molecule has 1 aromatic heterocycles. The Bertz CT molecular complexity index is 679. The molecule has 2 aromatic rings. The van der Waals surface area contributed by atoms with Gasteiger partial charge in [-0.3, -0.25) is 0 Å². The number of rotatable bonds is 1. The van der Waals surface area contributed by atoms with Crippen LogP contribution in [0.2, 0.25) is 10.2 Å². The number of aromatic nitrogens is 2. The van der Waals surface area contributed by atoms with E-state index in [0.29, 0.717) is 5.15 Å². The minimum absolute atomic E-state index is 0.0425. The summed E-state index contributed by atoms with van der Waals surface area (Å²) in [6.07, 6.45) is 0.788. The molecular formula is C12H6Cl2F2N2S. The molecule has 0 saturated heterocycles. The molecule has 1 aliphatic rings. The van der Waals surface area contributed by atoms with Crippen LogP contribution in [0.3, 0.4) is 0 Å². The summed E-state index contributed by atoms with van der Waals surface area (Å²) in [5.41, 5.74) is 0.823. The SMILES string of the molecule is Fc1cc(-c2nc(Cl)c3c(n2)SCC3)c(F)cc1Cl. The summed E-state index contributed by atoms with van der Waals surface area (Å²) in [6, 6.07) is 1.89. The maximum Gasteiger partial charge on any atom is 0.165 e. The zero-order valence-electron chi connectivity index (χ0n) is 9.38. The van der Waals surface area contributed by atoms with E-state index in [2.05, 4.69) is 9.97 Å². The van der Waals surface area contributed by atoms with E-state index in [0.717, 1.165) is 34.9 Å². The van der Waals surface area contributed by atoms with E-state index in [-0.39, 0.29) is 16.4 Å². The van der Waals surface area contributed by atoms with Crippen molar-refractivity contribution in [3.63, 3.8) is 0 Å². The molecule has 3 rings (SSSR count). The molecule has 0 fully saturated rings. The minimum Gasteiger partial charge on any atom is -0.221 e. The highest BCUT2D eigenvalue weighted by Crippen LogP contribution is 2.36. The van der Waals surface area contributed by atoms with Crippen LogP contribution in [0.4, 0.5) is 8.78 Å². The van der Waals surface area contributed by atoms with Gasteiger partial charge in [0, 0.05) is 11.3 Å². The molecule has 2 nitrogen and oxygen atoms in total. The van der Waals surface area contributed by atoms with Crippen molar-refractivity contribution in [3.05, 3.63) is 39.5 Å². The van der Waals surface area contributed by atoms with Crippen LogP contribution >= 0.6 is 35.0 Å². The van der Waals surface area contributed by atoms with Crippen LogP contribution in [-0.2, 0) is 6.42 Å². The van der Waals surface area contributed by atoms with Gasteiger partial charge in [-0.05, 0) is 18.6 Å². The van der Waals surface area contributed by atoms with Gasteiger partial charge < -0.3 is 0 Å². The summed E-state index contributed by atoms with van der Waals surface area (Å²) in [7, 11) is 0. The van der Waals surface area contributed by atoms with Gasteiger partial charge in [0.1, 0.15) is 21.8 Å². The highest BCUT2D eigenvalue weighted by Gasteiger charge is 2.21.